The van der Waals surface area contributed by atoms with E-state index in [2.05, 4.69) is 5.16 Å². The van der Waals surface area contributed by atoms with Gasteiger partial charge in [-0.15, -0.1) is 0 Å². The molecule has 4 rings (SSSR count). The highest BCUT2D eigenvalue weighted by molar-refractivity contribution is 7.89. The van der Waals surface area contributed by atoms with Gasteiger partial charge in [-0.05, 0) is 25.0 Å². The molecular formula is C20H25N3O5S. The zero-order chi connectivity index (χ0) is 20.8. The van der Waals surface area contributed by atoms with E-state index in [4.69, 9.17) is 9.26 Å². The molecule has 1 aromatic carbocycles. The third-order valence-electron chi connectivity index (χ3n) is 5.44. The van der Waals surface area contributed by atoms with Gasteiger partial charge in [0.25, 0.3) is 0 Å². The van der Waals surface area contributed by atoms with Crippen molar-refractivity contribution >= 4 is 21.6 Å². The molecule has 1 atom stereocenters. The number of hydrogen-bond acceptors (Lipinski definition) is 6. The maximum Gasteiger partial charge on any atom is 0.243 e. The second-order valence-electron chi connectivity index (χ2n) is 7.73. The quantitative estimate of drug-likeness (QED) is 0.756. The van der Waals surface area contributed by atoms with Gasteiger partial charge in [-0.1, -0.05) is 19.0 Å². The Bertz CT molecular complexity index is 1030. The molecule has 3 heterocycles. The zero-order valence-corrected chi connectivity index (χ0v) is 17.6. The molecule has 0 radical (unpaired) electrons. The Kier molecular flexibility index (Phi) is 5.12. The van der Waals surface area contributed by atoms with Crippen LogP contribution in [0.15, 0.2) is 33.7 Å². The van der Waals surface area contributed by atoms with Gasteiger partial charge in [-0.25, -0.2) is 8.42 Å². The van der Waals surface area contributed by atoms with Crippen molar-refractivity contribution in [1.29, 1.82) is 0 Å². The number of anilines is 1. The summed E-state index contributed by atoms with van der Waals surface area (Å²) in [5.74, 6) is 1.24. The smallest absolute Gasteiger partial charge is 0.243 e. The lowest BCUT2D eigenvalue weighted by molar-refractivity contribution is -0.116. The molecule has 0 aliphatic carbocycles. The van der Waals surface area contributed by atoms with Gasteiger partial charge in [-0.3, -0.25) is 4.79 Å². The summed E-state index contributed by atoms with van der Waals surface area (Å²) < 4.78 is 39.3. The van der Waals surface area contributed by atoms with Gasteiger partial charge >= 0.3 is 0 Å². The van der Waals surface area contributed by atoms with E-state index in [1.165, 1.54) is 23.4 Å². The van der Waals surface area contributed by atoms with Crippen LogP contribution in [-0.4, -0.2) is 43.5 Å². The van der Waals surface area contributed by atoms with Gasteiger partial charge in [0.15, 0.2) is 0 Å². The topological polar surface area (TPSA) is 93.0 Å². The molecule has 29 heavy (non-hydrogen) atoms. The lowest BCUT2D eigenvalue weighted by Crippen LogP contribution is -2.36. The number of benzene rings is 1. The first kappa shape index (κ1) is 19.9. The third kappa shape index (κ3) is 3.53. The molecule has 0 saturated carbocycles. The first-order valence-electron chi connectivity index (χ1n) is 9.82. The highest BCUT2D eigenvalue weighted by Gasteiger charge is 2.38. The zero-order valence-electron chi connectivity index (χ0n) is 16.8. The third-order valence-corrected chi connectivity index (χ3v) is 7.35. The van der Waals surface area contributed by atoms with Crippen LogP contribution in [0.4, 0.5) is 5.69 Å². The van der Waals surface area contributed by atoms with Crippen LogP contribution in [0.1, 0.15) is 57.0 Å². The Balaban J connectivity index is 1.66. The number of amides is 1. The van der Waals surface area contributed by atoms with Gasteiger partial charge in [0.2, 0.25) is 15.9 Å². The van der Waals surface area contributed by atoms with E-state index in [1.54, 1.807) is 11.0 Å². The Hall–Kier alpha value is -2.39. The molecule has 9 heteroatoms. The molecule has 1 aromatic heterocycles. The van der Waals surface area contributed by atoms with Crippen molar-refractivity contribution in [3.05, 3.63) is 35.7 Å². The molecule has 0 bridgehead atoms. The average molecular weight is 420 g/mol. The Labute approximate surface area is 170 Å². The fourth-order valence-electron chi connectivity index (χ4n) is 3.88. The summed E-state index contributed by atoms with van der Waals surface area (Å²) in [5.41, 5.74) is 1.24. The van der Waals surface area contributed by atoms with Crippen LogP contribution in [0.5, 0.6) is 5.75 Å². The predicted octanol–water partition coefficient (Wildman–Crippen LogP) is 3.07. The van der Waals surface area contributed by atoms with Crippen molar-refractivity contribution in [3.8, 4) is 5.75 Å². The number of aromatic nitrogens is 1. The van der Waals surface area contributed by atoms with Gasteiger partial charge in [0.05, 0.1) is 23.2 Å². The van der Waals surface area contributed by atoms with E-state index in [-0.39, 0.29) is 22.8 Å². The first-order chi connectivity index (χ1) is 13.8. The number of carbonyl (C=O) groups is 1. The maximum absolute atomic E-state index is 13.4. The van der Waals surface area contributed by atoms with E-state index < -0.39 is 10.0 Å². The molecule has 1 saturated heterocycles. The molecule has 1 unspecified atom stereocenters. The summed E-state index contributed by atoms with van der Waals surface area (Å²) in [5, 5.41) is 4.13. The molecule has 2 aliphatic heterocycles. The first-order valence-corrected chi connectivity index (χ1v) is 11.3. The molecule has 1 fully saturated rings. The summed E-state index contributed by atoms with van der Waals surface area (Å²) in [4.78, 5) is 13.6. The van der Waals surface area contributed by atoms with Crippen molar-refractivity contribution in [3.63, 3.8) is 0 Å². The molecule has 8 nitrogen and oxygen atoms in total. The van der Waals surface area contributed by atoms with E-state index in [1.807, 2.05) is 19.9 Å². The standard InChI is InChI=1S/C20H25N3O5S/c1-13(2)19-12-16(21-28-19)17-5-4-8-23(17)29(25,26)15-6-7-18-20(11-15)27-10-9-22(18)14(3)24/h6-7,11-13,17H,4-5,8-10H2,1-3H3. The van der Waals surface area contributed by atoms with E-state index in [9.17, 15) is 13.2 Å². The number of fused-ring (bicyclic) bond motifs is 1. The predicted molar refractivity (Wildman–Crippen MR) is 106 cm³/mol. The van der Waals surface area contributed by atoms with Gasteiger partial charge in [-0.2, -0.15) is 4.31 Å². The van der Waals surface area contributed by atoms with Crippen LogP contribution in [0.2, 0.25) is 0 Å². The summed E-state index contributed by atoms with van der Waals surface area (Å²) in [7, 11) is -3.75. The number of rotatable bonds is 4. The fourth-order valence-corrected chi connectivity index (χ4v) is 5.56. The minimum atomic E-state index is -3.75. The van der Waals surface area contributed by atoms with Crippen LogP contribution in [0, 0.1) is 0 Å². The average Bonchev–Trinajstić information content (AvgIpc) is 3.36. The summed E-state index contributed by atoms with van der Waals surface area (Å²) >= 11 is 0. The minimum absolute atomic E-state index is 0.100. The van der Waals surface area contributed by atoms with Crippen molar-refractivity contribution in [1.82, 2.24) is 9.46 Å². The van der Waals surface area contributed by atoms with Crippen molar-refractivity contribution in [2.24, 2.45) is 0 Å². The molecule has 1 amide bonds. The Morgan fingerprint density at radius 1 is 1.24 bits per heavy atom. The van der Waals surface area contributed by atoms with Crippen LogP contribution in [-0.2, 0) is 14.8 Å². The van der Waals surface area contributed by atoms with Crippen LogP contribution in [0.25, 0.3) is 0 Å². The SMILES string of the molecule is CC(=O)N1CCOc2cc(S(=O)(=O)N3CCCC3c3cc(C(C)C)on3)ccc21. The van der Waals surface area contributed by atoms with Crippen LogP contribution in [0.3, 0.4) is 0 Å². The van der Waals surface area contributed by atoms with Crippen LogP contribution < -0.4 is 9.64 Å². The molecule has 2 aromatic rings. The Morgan fingerprint density at radius 2 is 2.03 bits per heavy atom. The summed E-state index contributed by atoms with van der Waals surface area (Å²) in [6, 6.07) is 6.19. The highest BCUT2D eigenvalue weighted by atomic mass is 32.2. The van der Waals surface area contributed by atoms with Crippen molar-refractivity contribution < 1.29 is 22.5 Å². The lowest BCUT2D eigenvalue weighted by Gasteiger charge is -2.29. The Morgan fingerprint density at radius 3 is 2.72 bits per heavy atom. The number of nitrogens with zero attached hydrogens (tertiary/aromatic N) is 3. The monoisotopic (exact) mass is 419 g/mol. The fraction of sp³-hybridized carbons (Fsp3) is 0.500. The highest BCUT2D eigenvalue weighted by Crippen LogP contribution is 2.39. The van der Waals surface area contributed by atoms with Gasteiger partial charge in [0, 0.05) is 31.5 Å². The second-order valence-corrected chi connectivity index (χ2v) is 9.62. The maximum atomic E-state index is 13.4. The van der Waals surface area contributed by atoms with E-state index >= 15 is 0 Å². The molecule has 156 valence electrons. The van der Waals surface area contributed by atoms with Crippen LogP contribution >= 0.6 is 0 Å². The van der Waals surface area contributed by atoms with E-state index in [0.717, 1.165) is 12.2 Å². The number of sulfonamides is 1. The molecule has 2 aliphatic rings. The molecule has 0 N–H and O–H groups in total. The second kappa shape index (κ2) is 7.46. The minimum Gasteiger partial charge on any atom is -0.489 e. The number of ether oxygens (including phenoxy) is 1. The number of carbonyl (C=O) groups excluding carboxylic acids is 1. The lowest BCUT2D eigenvalue weighted by atomic mass is 10.1. The molecular weight excluding hydrogens is 394 g/mol. The van der Waals surface area contributed by atoms with Crippen molar-refractivity contribution in [2.45, 2.75) is 50.5 Å². The van der Waals surface area contributed by atoms with Gasteiger partial charge in [0.1, 0.15) is 23.8 Å². The summed E-state index contributed by atoms with van der Waals surface area (Å²) in [6.07, 6.45) is 1.45. The number of hydrogen-bond donors (Lipinski definition) is 0. The molecule has 0 spiro atoms. The largest absolute Gasteiger partial charge is 0.489 e. The normalized spacial score (nSPS) is 20.0. The van der Waals surface area contributed by atoms with Gasteiger partial charge < -0.3 is 14.2 Å². The summed E-state index contributed by atoms with van der Waals surface area (Å²) in [6.45, 7) is 6.70. The van der Waals surface area contributed by atoms with E-state index in [0.29, 0.717) is 43.2 Å². The van der Waals surface area contributed by atoms with Crippen molar-refractivity contribution in [2.75, 3.05) is 24.6 Å².